The van der Waals surface area contributed by atoms with Crippen LogP contribution in [-0.2, 0) is 14.4 Å². The molecule has 0 aliphatic carbocycles. The molecular weight excluding hydrogens is 294 g/mol. The van der Waals surface area contributed by atoms with Crippen LogP contribution in [0.1, 0.15) is 52.9 Å². The van der Waals surface area contributed by atoms with Gasteiger partial charge in [-0.15, -0.1) is 0 Å². The standard InChI is InChI=1S/C17H29N3O3/c1-4-5-15(21)19-8-6-14(7-9-19)18-17(23)13-10-16(22)20(11-13)12(2)3/h12-14H,4-11H2,1-3H3,(H,18,23). The third kappa shape index (κ3) is 4.45. The van der Waals surface area contributed by atoms with Gasteiger partial charge in [0.05, 0.1) is 5.92 Å². The lowest BCUT2D eigenvalue weighted by molar-refractivity contribution is -0.133. The van der Waals surface area contributed by atoms with E-state index in [4.69, 9.17) is 0 Å². The molecule has 1 N–H and O–H groups in total. The van der Waals surface area contributed by atoms with Gasteiger partial charge < -0.3 is 15.1 Å². The van der Waals surface area contributed by atoms with Gasteiger partial charge in [-0.2, -0.15) is 0 Å². The highest BCUT2D eigenvalue weighted by Gasteiger charge is 2.36. The molecule has 3 amide bonds. The van der Waals surface area contributed by atoms with Crippen molar-refractivity contribution in [3.05, 3.63) is 0 Å². The molecule has 2 aliphatic rings. The summed E-state index contributed by atoms with van der Waals surface area (Å²) >= 11 is 0. The molecule has 130 valence electrons. The Labute approximate surface area is 138 Å². The normalized spacial score (nSPS) is 22.8. The predicted octanol–water partition coefficient (Wildman–Crippen LogP) is 1.15. The van der Waals surface area contributed by atoms with Crippen LogP contribution in [0.15, 0.2) is 0 Å². The first-order chi connectivity index (χ1) is 10.9. The average molecular weight is 323 g/mol. The van der Waals surface area contributed by atoms with Gasteiger partial charge in [-0.05, 0) is 33.1 Å². The fourth-order valence-electron chi connectivity index (χ4n) is 3.37. The smallest absolute Gasteiger partial charge is 0.225 e. The number of hydrogen-bond acceptors (Lipinski definition) is 3. The van der Waals surface area contributed by atoms with Crippen molar-refractivity contribution in [2.24, 2.45) is 5.92 Å². The van der Waals surface area contributed by atoms with E-state index in [-0.39, 0.29) is 35.7 Å². The van der Waals surface area contributed by atoms with Crippen LogP contribution >= 0.6 is 0 Å². The maximum atomic E-state index is 12.4. The topological polar surface area (TPSA) is 69.7 Å². The lowest BCUT2D eigenvalue weighted by Gasteiger charge is -2.33. The Morgan fingerprint density at radius 3 is 2.43 bits per heavy atom. The zero-order valence-electron chi connectivity index (χ0n) is 14.5. The molecule has 6 heteroatoms. The number of nitrogens with one attached hydrogen (secondary N) is 1. The van der Waals surface area contributed by atoms with Gasteiger partial charge in [-0.1, -0.05) is 6.92 Å². The van der Waals surface area contributed by atoms with Crippen LogP contribution in [0, 0.1) is 5.92 Å². The van der Waals surface area contributed by atoms with Crippen LogP contribution in [0.25, 0.3) is 0 Å². The van der Waals surface area contributed by atoms with E-state index in [0.717, 1.165) is 19.3 Å². The molecule has 2 heterocycles. The second kappa shape index (κ2) is 7.79. The Kier molecular flexibility index (Phi) is 6.02. The molecule has 1 unspecified atom stereocenters. The molecule has 2 fully saturated rings. The Morgan fingerprint density at radius 1 is 1.26 bits per heavy atom. The highest BCUT2D eigenvalue weighted by molar-refractivity contribution is 5.89. The first-order valence-corrected chi connectivity index (χ1v) is 8.80. The third-order valence-corrected chi connectivity index (χ3v) is 4.81. The Hall–Kier alpha value is -1.59. The fourth-order valence-corrected chi connectivity index (χ4v) is 3.37. The molecule has 2 aliphatic heterocycles. The summed E-state index contributed by atoms with van der Waals surface area (Å²) in [6.07, 6.45) is 3.40. The summed E-state index contributed by atoms with van der Waals surface area (Å²) in [6, 6.07) is 0.268. The molecule has 0 bridgehead atoms. The van der Waals surface area contributed by atoms with Gasteiger partial charge in [-0.3, -0.25) is 14.4 Å². The van der Waals surface area contributed by atoms with Crippen LogP contribution < -0.4 is 5.32 Å². The minimum Gasteiger partial charge on any atom is -0.353 e. The average Bonchev–Trinajstić information content (AvgIpc) is 2.90. The van der Waals surface area contributed by atoms with Crippen molar-refractivity contribution in [3.63, 3.8) is 0 Å². The second-order valence-corrected chi connectivity index (χ2v) is 6.95. The highest BCUT2D eigenvalue weighted by Crippen LogP contribution is 2.21. The van der Waals surface area contributed by atoms with Crippen molar-refractivity contribution in [1.29, 1.82) is 0 Å². The molecule has 6 nitrogen and oxygen atoms in total. The number of carbonyl (C=O) groups is 3. The van der Waals surface area contributed by atoms with Crippen LogP contribution in [0.4, 0.5) is 0 Å². The number of carbonyl (C=O) groups excluding carboxylic acids is 3. The second-order valence-electron chi connectivity index (χ2n) is 6.95. The van der Waals surface area contributed by atoms with Crippen molar-refractivity contribution in [2.45, 2.75) is 65.0 Å². The van der Waals surface area contributed by atoms with Crippen molar-refractivity contribution < 1.29 is 14.4 Å². The minimum atomic E-state index is -0.232. The Morgan fingerprint density at radius 2 is 1.91 bits per heavy atom. The number of nitrogens with zero attached hydrogens (tertiary/aromatic N) is 2. The van der Waals surface area contributed by atoms with Crippen molar-refractivity contribution >= 4 is 17.7 Å². The summed E-state index contributed by atoms with van der Waals surface area (Å²) in [5.41, 5.74) is 0. The van der Waals surface area contributed by atoms with Gasteiger partial charge in [0.1, 0.15) is 0 Å². The zero-order chi connectivity index (χ0) is 17.0. The maximum Gasteiger partial charge on any atom is 0.225 e. The molecular formula is C17H29N3O3. The molecule has 0 aromatic heterocycles. The monoisotopic (exact) mass is 323 g/mol. The molecule has 0 spiro atoms. The van der Waals surface area contributed by atoms with Crippen LogP contribution in [0.5, 0.6) is 0 Å². The number of piperidine rings is 1. The summed E-state index contributed by atoms with van der Waals surface area (Å²) in [4.78, 5) is 39.8. The van der Waals surface area contributed by atoms with Crippen LogP contribution in [0.2, 0.25) is 0 Å². The van der Waals surface area contributed by atoms with Gasteiger partial charge >= 0.3 is 0 Å². The molecule has 2 rings (SSSR count). The summed E-state index contributed by atoms with van der Waals surface area (Å²) in [5, 5.41) is 3.08. The molecule has 0 saturated carbocycles. The maximum absolute atomic E-state index is 12.4. The molecule has 0 radical (unpaired) electrons. The molecule has 23 heavy (non-hydrogen) atoms. The van der Waals surface area contributed by atoms with Crippen LogP contribution in [0.3, 0.4) is 0 Å². The van der Waals surface area contributed by atoms with Gasteiger partial charge in [0, 0.05) is 44.6 Å². The lowest BCUT2D eigenvalue weighted by atomic mass is 10.0. The van der Waals surface area contributed by atoms with Gasteiger partial charge in [0.25, 0.3) is 0 Å². The largest absolute Gasteiger partial charge is 0.353 e. The molecule has 1 atom stereocenters. The molecule has 2 saturated heterocycles. The van der Waals surface area contributed by atoms with Gasteiger partial charge in [-0.25, -0.2) is 0 Å². The molecule has 0 aromatic carbocycles. The van der Waals surface area contributed by atoms with E-state index in [2.05, 4.69) is 5.32 Å². The highest BCUT2D eigenvalue weighted by atomic mass is 16.2. The fraction of sp³-hybridized carbons (Fsp3) is 0.824. The Balaban J connectivity index is 1.77. The molecule has 0 aromatic rings. The quantitative estimate of drug-likeness (QED) is 0.825. The number of amides is 3. The van der Waals surface area contributed by atoms with E-state index >= 15 is 0 Å². The number of hydrogen-bond donors (Lipinski definition) is 1. The SMILES string of the molecule is CCCC(=O)N1CCC(NC(=O)C2CC(=O)N(C(C)C)C2)CC1. The summed E-state index contributed by atoms with van der Waals surface area (Å²) in [6.45, 7) is 7.91. The third-order valence-electron chi connectivity index (χ3n) is 4.81. The van der Waals surface area contributed by atoms with Gasteiger partial charge in [0.15, 0.2) is 0 Å². The predicted molar refractivity (Wildman–Crippen MR) is 87.6 cm³/mol. The number of likely N-dealkylation sites (tertiary alicyclic amines) is 2. The summed E-state index contributed by atoms with van der Waals surface area (Å²) < 4.78 is 0. The van der Waals surface area contributed by atoms with E-state index in [1.54, 1.807) is 4.90 Å². The first kappa shape index (κ1) is 17.8. The van der Waals surface area contributed by atoms with Gasteiger partial charge in [0.2, 0.25) is 17.7 Å². The van der Waals surface area contributed by atoms with E-state index < -0.39 is 0 Å². The Bertz CT molecular complexity index is 456. The number of rotatable bonds is 5. The minimum absolute atomic E-state index is 0.0140. The zero-order valence-corrected chi connectivity index (χ0v) is 14.5. The van der Waals surface area contributed by atoms with Crippen LogP contribution in [-0.4, -0.2) is 59.2 Å². The summed E-state index contributed by atoms with van der Waals surface area (Å²) in [5.74, 6) is 0.0378. The van der Waals surface area contributed by atoms with E-state index in [1.807, 2.05) is 25.7 Å². The summed E-state index contributed by atoms with van der Waals surface area (Å²) in [7, 11) is 0. The van der Waals surface area contributed by atoms with Crippen molar-refractivity contribution in [2.75, 3.05) is 19.6 Å². The van der Waals surface area contributed by atoms with Crippen molar-refractivity contribution in [3.8, 4) is 0 Å². The lowest BCUT2D eigenvalue weighted by Crippen LogP contribution is -2.48. The van der Waals surface area contributed by atoms with E-state index in [0.29, 0.717) is 32.5 Å². The van der Waals surface area contributed by atoms with E-state index in [1.165, 1.54) is 0 Å². The van der Waals surface area contributed by atoms with E-state index in [9.17, 15) is 14.4 Å². The van der Waals surface area contributed by atoms with Crippen molar-refractivity contribution in [1.82, 2.24) is 15.1 Å². The first-order valence-electron chi connectivity index (χ1n) is 8.80.